The third kappa shape index (κ3) is 6.56. The second-order valence-corrected chi connectivity index (χ2v) is 9.76. The maximum atomic E-state index is 11.9. The van der Waals surface area contributed by atoms with E-state index in [9.17, 15) is 13.2 Å². The topological polar surface area (TPSA) is 113 Å². The van der Waals surface area contributed by atoms with Crippen LogP contribution in [0.4, 0.5) is 0 Å². The maximum absolute atomic E-state index is 11.9. The Balaban J connectivity index is 1.67. The maximum Gasteiger partial charge on any atom is 0.222 e. The number of rotatable bonds is 7. The first-order valence-electron chi connectivity index (χ1n) is 8.67. The van der Waals surface area contributed by atoms with E-state index in [1.807, 2.05) is 0 Å². The Morgan fingerprint density at radius 3 is 2.77 bits per heavy atom. The zero-order valence-electron chi connectivity index (χ0n) is 15.4. The Morgan fingerprint density at radius 2 is 2.19 bits per heavy atom. The van der Waals surface area contributed by atoms with Crippen LogP contribution in [0, 0.1) is 0 Å². The zero-order chi connectivity index (χ0) is 19.2. The van der Waals surface area contributed by atoms with Gasteiger partial charge in [0.2, 0.25) is 5.91 Å². The first-order chi connectivity index (χ1) is 12.3. The molecule has 1 amide bonds. The standard InChI is InChI=1S/C16H27N5O3S2/c1-11(2)13-9-25-15(21-13)8-19-16(17-3)18-6-4-14(22)20-12-5-7-26(23,24)10-12/h9,11-12H,4-8,10H2,1-3H3,(H,20,22)(H2,17,18,19). The van der Waals surface area contributed by atoms with Gasteiger partial charge in [-0.2, -0.15) is 0 Å². The van der Waals surface area contributed by atoms with Crippen molar-refractivity contribution in [3.8, 4) is 0 Å². The van der Waals surface area contributed by atoms with Crippen LogP contribution in [0.25, 0.3) is 0 Å². The molecule has 2 rings (SSSR count). The molecular weight excluding hydrogens is 374 g/mol. The Labute approximate surface area is 158 Å². The van der Waals surface area contributed by atoms with Gasteiger partial charge in [0.25, 0.3) is 0 Å². The summed E-state index contributed by atoms with van der Waals surface area (Å²) in [6.45, 7) is 5.21. The van der Waals surface area contributed by atoms with Crippen molar-refractivity contribution in [1.82, 2.24) is 20.9 Å². The second-order valence-electron chi connectivity index (χ2n) is 6.59. The van der Waals surface area contributed by atoms with E-state index in [1.54, 1.807) is 18.4 Å². The molecule has 2 heterocycles. The van der Waals surface area contributed by atoms with Gasteiger partial charge in [0.1, 0.15) is 5.01 Å². The van der Waals surface area contributed by atoms with E-state index < -0.39 is 9.84 Å². The highest BCUT2D eigenvalue weighted by Gasteiger charge is 2.28. The molecule has 8 nitrogen and oxygen atoms in total. The van der Waals surface area contributed by atoms with Crippen LogP contribution in [0.2, 0.25) is 0 Å². The summed E-state index contributed by atoms with van der Waals surface area (Å²) >= 11 is 1.61. The highest BCUT2D eigenvalue weighted by molar-refractivity contribution is 7.91. The van der Waals surface area contributed by atoms with Gasteiger partial charge in [0, 0.05) is 31.4 Å². The number of sulfone groups is 1. The van der Waals surface area contributed by atoms with Crippen LogP contribution in [0.3, 0.4) is 0 Å². The number of nitrogens with one attached hydrogen (secondary N) is 3. The number of aromatic nitrogens is 1. The summed E-state index contributed by atoms with van der Waals surface area (Å²) < 4.78 is 22.8. The van der Waals surface area contributed by atoms with E-state index in [0.29, 0.717) is 31.4 Å². The molecule has 1 aliphatic rings. The Kier molecular flexibility index (Phi) is 7.39. The molecule has 0 aliphatic carbocycles. The second kappa shape index (κ2) is 9.31. The van der Waals surface area contributed by atoms with Crippen LogP contribution in [0.15, 0.2) is 10.4 Å². The lowest BCUT2D eigenvalue weighted by Gasteiger charge is -2.13. The van der Waals surface area contributed by atoms with Gasteiger partial charge in [0.15, 0.2) is 15.8 Å². The van der Waals surface area contributed by atoms with E-state index in [1.165, 1.54) is 0 Å². The van der Waals surface area contributed by atoms with Gasteiger partial charge in [0.05, 0.1) is 23.7 Å². The Hall–Kier alpha value is -1.68. The average Bonchev–Trinajstić information content (AvgIpc) is 3.17. The predicted molar refractivity (Wildman–Crippen MR) is 104 cm³/mol. The molecule has 1 fully saturated rings. The largest absolute Gasteiger partial charge is 0.356 e. The number of carbonyl (C=O) groups is 1. The molecule has 1 saturated heterocycles. The van der Waals surface area contributed by atoms with Gasteiger partial charge in [-0.05, 0) is 12.3 Å². The Bertz CT molecular complexity index is 743. The molecule has 0 spiro atoms. The lowest BCUT2D eigenvalue weighted by molar-refractivity contribution is -0.121. The van der Waals surface area contributed by atoms with Crippen molar-refractivity contribution >= 4 is 33.0 Å². The van der Waals surface area contributed by atoms with Crippen molar-refractivity contribution in [3.63, 3.8) is 0 Å². The van der Waals surface area contributed by atoms with Crippen molar-refractivity contribution in [3.05, 3.63) is 16.1 Å². The summed E-state index contributed by atoms with van der Waals surface area (Å²) in [6.07, 6.45) is 0.753. The van der Waals surface area contributed by atoms with Crippen LogP contribution in [0.1, 0.15) is 43.3 Å². The molecule has 1 atom stereocenters. The predicted octanol–water partition coefficient (Wildman–Crippen LogP) is 0.625. The third-order valence-electron chi connectivity index (χ3n) is 4.03. The van der Waals surface area contributed by atoms with E-state index in [2.05, 4.69) is 45.2 Å². The summed E-state index contributed by atoms with van der Waals surface area (Å²) in [5.74, 6) is 1.05. The molecule has 1 aromatic rings. The van der Waals surface area contributed by atoms with Gasteiger partial charge in [-0.15, -0.1) is 11.3 Å². The molecule has 0 saturated carbocycles. The number of nitrogens with zero attached hydrogens (tertiary/aromatic N) is 2. The van der Waals surface area contributed by atoms with Crippen LogP contribution in [-0.2, 0) is 21.2 Å². The lowest BCUT2D eigenvalue weighted by Crippen LogP contribution is -2.40. The van der Waals surface area contributed by atoms with Crippen molar-refractivity contribution in [1.29, 1.82) is 0 Å². The van der Waals surface area contributed by atoms with Crippen molar-refractivity contribution < 1.29 is 13.2 Å². The third-order valence-corrected chi connectivity index (χ3v) is 6.67. The minimum Gasteiger partial charge on any atom is -0.356 e. The Morgan fingerprint density at radius 1 is 1.42 bits per heavy atom. The SMILES string of the molecule is CN=C(NCCC(=O)NC1CCS(=O)(=O)C1)NCc1nc(C(C)C)cs1. The summed E-state index contributed by atoms with van der Waals surface area (Å²) in [6, 6.07) is -0.259. The first-order valence-corrected chi connectivity index (χ1v) is 11.4. The highest BCUT2D eigenvalue weighted by Crippen LogP contribution is 2.17. The van der Waals surface area contributed by atoms with E-state index in [4.69, 9.17) is 0 Å². The normalized spacial score (nSPS) is 19.5. The molecule has 26 heavy (non-hydrogen) atoms. The van der Waals surface area contributed by atoms with Crippen LogP contribution >= 0.6 is 11.3 Å². The van der Waals surface area contributed by atoms with Crippen molar-refractivity contribution in [2.75, 3.05) is 25.1 Å². The average molecular weight is 402 g/mol. The fraction of sp³-hybridized carbons (Fsp3) is 0.688. The molecule has 1 unspecified atom stereocenters. The first kappa shape index (κ1) is 20.6. The molecule has 146 valence electrons. The number of hydrogen-bond acceptors (Lipinski definition) is 6. The monoisotopic (exact) mass is 401 g/mol. The fourth-order valence-electron chi connectivity index (χ4n) is 2.55. The van der Waals surface area contributed by atoms with E-state index in [-0.39, 0.29) is 29.9 Å². The van der Waals surface area contributed by atoms with Crippen LogP contribution in [-0.4, -0.2) is 56.4 Å². The van der Waals surface area contributed by atoms with E-state index in [0.717, 1.165) is 10.7 Å². The number of aliphatic imine (C=N–C) groups is 1. The summed E-state index contributed by atoms with van der Waals surface area (Å²) in [5, 5.41) is 12.1. The van der Waals surface area contributed by atoms with Gasteiger partial charge in [-0.25, -0.2) is 13.4 Å². The molecular formula is C16H27N5O3S2. The lowest BCUT2D eigenvalue weighted by atomic mass is 10.2. The van der Waals surface area contributed by atoms with Crippen LogP contribution in [0.5, 0.6) is 0 Å². The number of thiazole rings is 1. The molecule has 0 aromatic carbocycles. The fourth-order valence-corrected chi connectivity index (χ4v) is 5.12. The number of hydrogen-bond donors (Lipinski definition) is 3. The molecule has 0 bridgehead atoms. The highest BCUT2D eigenvalue weighted by atomic mass is 32.2. The molecule has 0 radical (unpaired) electrons. The van der Waals surface area contributed by atoms with Crippen molar-refractivity contribution in [2.45, 2.75) is 45.2 Å². The van der Waals surface area contributed by atoms with E-state index >= 15 is 0 Å². The quantitative estimate of drug-likeness (QED) is 0.456. The van der Waals surface area contributed by atoms with Gasteiger partial charge >= 0.3 is 0 Å². The summed E-state index contributed by atoms with van der Waals surface area (Å²) in [5.41, 5.74) is 1.08. The van der Waals surface area contributed by atoms with Crippen molar-refractivity contribution in [2.24, 2.45) is 4.99 Å². The minimum absolute atomic E-state index is 0.0432. The minimum atomic E-state index is -2.98. The molecule has 1 aliphatic heterocycles. The summed E-state index contributed by atoms with van der Waals surface area (Å²) in [4.78, 5) is 20.6. The molecule has 1 aromatic heterocycles. The van der Waals surface area contributed by atoms with Gasteiger partial charge < -0.3 is 16.0 Å². The smallest absolute Gasteiger partial charge is 0.222 e. The number of carbonyl (C=O) groups excluding carboxylic acids is 1. The summed E-state index contributed by atoms with van der Waals surface area (Å²) in [7, 11) is -1.31. The number of amides is 1. The van der Waals surface area contributed by atoms with Crippen LogP contribution < -0.4 is 16.0 Å². The van der Waals surface area contributed by atoms with Gasteiger partial charge in [-0.1, -0.05) is 13.8 Å². The molecule has 10 heteroatoms. The van der Waals surface area contributed by atoms with Gasteiger partial charge in [-0.3, -0.25) is 9.79 Å². The molecule has 3 N–H and O–H groups in total. The number of guanidine groups is 1. The zero-order valence-corrected chi connectivity index (χ0v) is 17.0.